The number of rotatable bonds is 6. The zero-order chi connectivity index (χ0) is 21.6. The van der Waals surface area contributed by atoms with Gasteiger partial charge in [0.2, 0.25) is 5.91 Å². The van der Waals surface area contributed by atoms with Crippen molar-refractivity contribution < 1.29 is 23.0 Å². The molecule has 2 aromatic rings. The molecule has 0 bridgehead atoms. The predicted octanol–water partition coefficient (Wildman–Crippen LogP) is 4.23. The van der Waals surface area contributed by atoms with E-state index in [9.17, 15) is 13.6 Å². The van der Waals surface area contributed by atoms with Crippen LogP contribution in [0.4, 0.5) is 8.78 Å². The molecule has 1 spiro atoms. The predicted molar refractivity (Wildman–Crippen MR) is 111 cm³/mol. The van der Waals surface area contributed by atoms with Crippen molar-refractivity contribution in [2.45, 2.75) is 44.0 Å². The third-order valence-corrected chi connectivity index (χ3v) is 7.17. The van der Waals surface area contributed by atoms with Gasteiger partial charge < -0.3 is 14.4 Å². The molecule has 3 fully saturated rings. The Morgan fingerprint density at radius 2 is 1.87 bits per heavy atom. The van der Waals surface area contributed by atoms with Gasteiger partial charge in [-0.1, -0.05) is 36.4 Å². The van der Waals surface area contributed by atoms with Crippen LogP contribution in [0.25, 0.3) is 0 Å². The van der Waals surface area contributed by atoms with E-state index in [4.69, 9.17) is 9.47 Å². The molecule has 3 aliphatic heterocycles. The van der Waals surface area contributed by atoms with Gasteiger partial charge >= 0.3 is 6.61 Å². The SMILES string of the molecule is COc1ccccc1CN1C[C@@H]2C[C@@H](c3ccccc3OC(F)F)N3CCC[C@@]23C1=O. The molecule has 3 heterocycles. The molecule has 0 saturated carbocycles. The van der Waals surface area contributed by atoms with Gasteiger partial charge in [-0.25, -0.2) is 0 Å². The summed E-state index contributed by atoms with van der Waals surface area (Å²) >= 11 is 0. The van der Waals surface area contributed by atoms with Crippen LogP contribution in [0.3, 0.4) is 0 Å². The Balaban J connectivity index is 1.43. The molecular weight excluding hydrogens is 402 g/mol. The Hall–Kier alpha value is -2.67. The Kier molecular flexibility index (Phi) is 5.08. The minimum Gasteiger partial charge on any atom is -0.496 e. The van der Waals surface area contributed by atoms with E-state index in [0.29, 0.717) is 13.1 Å². The molecule has 3 saturated heterocycles. The van der Waals surface area contributed by atoms with Crippen molar-refractivity contribution in [3.8, 4) is 11.5 Å². The van der Waals surface area contributed by atoms with Crippen molar-refractivity contribution in [3.63, 3.8) is 0 Å². The maximum atomic E-state index is 13.7. The Labute approximate surface area is 180 Å². The van der Waals surface area contributed by atoms with Crippen molar-refractivity contribution in [2.75, 3.05) is 20.2 Å². The average Bonchev–Trinajstić information content (AvgIpc) is 3.39. The number of halogens is 2. The zero-order valence-electron chi connectivity index (χ0n) is 17.5. The minimum atomic E-state index is -2.87. The zero-order valence-corrected chi connectivity index (χ0v) is 17.5. The highest BCUT2D eigenvalue weighted by atomic mass is 19.3. The highest BCUT2D eigenvalue weighted by Gasteiger charge is 2.65. The molecule has 31 heavy (non-hydrogen) atoms. The van der Waals surface area contributed by atoms with Gasteiger partial charge in [0.15, 0.2) is 0 Å². The first kappa shape index (κ1) is 20.2. The molecule has 5 nitrogen and oxygen atoms in total. The first-order valence-corrected chi connectivity index (χ1v) is 10.8. The maximum Gasteiger partial charge on any atom is 0.387 e. The van der Waals surface area contributed by atoms with Crippen LogP contribution in [-0.4, -0.2) is 48.1 Å². The molecule has 0 aliphatic carbocycles. The Morgan fingerprint density at radius 3 is 2.65 bits per heavy atom. The largest absolute Gasteiger partial charge is 0.496 e. The number of methoxy groups -OCH3 is 1. The summed E-state index contributed by atoms with van der Waals surface area (Å²) < 4.78 is 36.2. The lowest BCUT2D eigenvalue weighted by molar-refractivity contribution is -0.137. The fourth-order valence-electron chi connectivity index (χ4n) is 6.01. The van der Waals surface area contributed by atoms with Crippen LogP contribution in [-0.2, 0) is 11.3 Å². The van der Waals surface area contributed by atoms with E-state index >= 15 is 0 Å². The van der Waals surface area contributed by atoms with E-state index in [0.717, 1.165) is 42.7 Å². The maximum absolute atomic E-state index is 13.7. The van der Waals surface area contributed by atoms with Crippen molar-refractivity contribution in [3.05, 3.63) is 59.7 Å². The molecule has 0 radical (unpaired) electrons. The molecule has 3 atom stereocenters. The Morgan fingerprint density at radius 1 is 1.13 bits per heavy atom. The number of hydrogen-bond donors (Lipinski definition) is 0. The number of hydrogen-bond acceptors (Lipinski definition) is 4. The van der Waals surface area contributed by atoms with Gasteiger partial charge in [0.05, 0.1) is 7.11 Å². The molecule has 5 rings (SSSR count). The summed E-state index contributed by atoms with van der Waals surface area (Å²) in [5, 5.41) is 0. The highest BCUT2D eigenvalue weighted by molar-refractivity contribution is 5.90. The normalized spacial score (nSPS) is 27.6. The summed E-state index contributed by atoms with van der Waals surface area (Å²) in [7, 11) is 1.64. The van der Waals surface area contributed by atoms with Gasteiger partial charge in [-0.05, 0) is 37.9 Å². The highest BCUT2D eigenvalue weighted by Crippen LogP contribution is 2.57. The fraction of sp³-hybridized carbons (Fsp3) is 0.458. The van der Waals surface area contributed by atoms with Gasteiger partial charge in [0.1, 0.15) is 17.0 Å². The lowest BCUT2D eigenvalue weighted by Crippen LogP contribution is -2.49. The number of nitrogens with zero attached hydrogens (tertiary/aromatic N) is 2. The van der Waals surface area contributed by atoms with E-state index in [-0.39, 0.29) is 23.6 Å². The number of carbonyl (C=O) groups excluding carboxylic acids is 1. The number of benzene rings is 2. The van der Waals surface area contributed by atoms with Gasteiger partial charge in [0, 0.05) is 36.2 Å². The molecule has 1 amide bonds. The summed E-state index contributed by atoms with van der Waals surface area (Å²) in [6, 6.07) is 14.7. The van der Waals surface area contributed by atoms with E-state index in [1.807, 2.05) is 41.3 Å². The molecule has 0 unspecified atom stereocenters. The van der Waals surface area contributed by atoms with Gasteiger partial charge in [-0.15, -0.1) is 0 Å². The van der Waals surface area contributed by atoms with Crippen LogP contribution in [0.1, 0.15) is 36.4 Å². The molecule has 0 aromatic heterocycles. The molecular formula is C24H26F2N2O3. The van der Waals surface area contributed by atoms with E-state index in [2.05, 4.69) is 4.90 Å². The van der Waals surface area contributed by atoms with Crippen LogP contribution < -0.4 is 9.47 Å². The van der Waals surface area contributed by atoms with Crippen molar-refractivity contribution in [2.24, 2.45) is 5.92 Å². The van der Waals surface area contributed by atoms with E-state index < -0.39 is 12.2 Å². The summed E-state index contributed by atoms with van der Waals surface area (Å²) in [6.07, 6.45) is 2.50. The second-order valence-electron chi connectivity index (χ2n) is 8.58. The summed E-state index contributed by atoms with van der Waals surface area (Å²) in [4.78, 5) is 17.9. The monoisotopic (exact) mass is 428 g/mol. The number of carbonyl (C=O) groups is 1. The topological polar surface area (TPSA) is 42.0 Å². The summed E-state index contributed by atoms with van der Waals surface area (Å²) in [5.41, 5.74) is 1.21. The molecule has 3 aliphatic rings. The van der Waals surface area contributed by atoms with Crippen molar-refractivity contribution >= 4 is 5.91 Å². The quantitative estimate of drug-likeness (QED) is 0.691. The summed E-state index contributed by atoms with van der Waals surface area (Å²) in [6.45, 7) is -0.891. The Bertz CT molecular complexity index is 985. The lowest BCUT2D eigenvalue weighted by Gasteiger charge is -2.34. The number of amides is 1. The van der Waals surface area contributed by atoms with Gasteiger partial charge in [-0.2, -0.15) is 8.78 Å². The van der Waals surface area contributed by atoms with Crippen LogP contribution >= 0.6 is 0 Å². The number of alkyl halides is 2. The van der Waals surface area contributed by atoms with Crippen LogP contribution in [0, 0.1) is 5.92 Å². The van der Waals surface area contributed by atoms with Crippen LogP contribution in [0.15, 0.2) is 48.5 Å². The third-order valence-electron chi connectivity index (χ3n) is 7.17. The standard InChI is InChI=1S/C24H26F2N2O3/c1-30-20-9-4-2-7-16(20)14-27-15-17-13-19(28-12-6-11-24(17,28)22(27)29)18-8-3-5-10-21(18)31-23(25)26/h2-5,7-10,17,19,23H,6,11-15H2,1H3/t17-,19-,24-/m0/s1. The molecule has 7 heteroatoms. The second-order valence-corrected chi connectivity index (χ2v) is 8.58. The van der Waals surface area contributed by atoms with Crippen LogP contribution in [0.2, 0.25) is 0 Å². The van der Waals surface area contributed by atoms with Crippen molar-refractivity contribution in [1.82, 2.24) is 9.80 Å². The number of para-hydroxylation sites is 2. The number of likely N-dealkylation sites (tertiary alicyclic amines) is 1. The van der Waals surface area contributed by atoms with Gasteiger partial charge in [0.25, 0.3) is 0 Å². The molecule has 0 N–H and O–H groups in total. The first-order valence-electron chi connectivity index (χ1n) is 10.8. The third kappa shape index (κ3) is 3.17. The number of ether oxygens (including phenoxy) is 2. The average molecular weight is 428 g/mol. The minimum absolute atomic E-state index is 0.0835. The smallest absolute Gasteiger partial charge is 0.387 e. The first-order chi connectivity index (χ1) is 15.0. The van der Waals surface area contributed by atoms with E-state index in [1.165, 1.54) is 0 Å². The van der Waals surface area contributed by atoms with Gasteiger partial charge in [-0.3, -0.25) is 9.69 Å². The summed E-state index contributed by atoms with van der Waals surface area (Å²) in [5.74, 6) is 1.31. The fourth-order valence-corrected chi connectivity index (χ4v) is 6.01. The lowest BCUT2D eigenvalue weighted by atomic mass is 9.85. The van der Waals surface area contributed by atoms with E-state index in [1.54, 1.807) is 19.2 Å². The molecule has 164 valence electrons. The second kappa shape index (κ2) is 7.79. The molecule has 2 aromatic carbocycles. The van der Waals surface area contributed by atoms with Crippen LogP contribution in [0.5, 0.6) is 11.5 Å². The van der Waals surface area contributed by atoms with Crippen molar-refractivity contribution in [1.29, 1.82) is 0 Å².